The van der Waals surface area contributed by atoms with Gasteiger partial charge in [-0.05, 0) is 69.0 Å². The lowest BCUT2D eigenvalue weighted by atomic mass is 10.1. The molecule has 29 heavy (non-hydrogen) atoms. The first-order valence-electron chi connectivity index (χ1n) is 9.76. The van der Waals surface area contributed by atoms with E-state index in [-0.39, 0.29) is 23.0 Å². The van der Waals surface area contributed by atoms with Crippen LogP contribution in [-0.2, 0) is 10.0 Å². The average molecular weight is 437 g/mol. The molecule has 1 aliphatic rings. The Kier molecular flexibility index (Phi) is 7.28. The number of carbonyl (C=O) groups excluding carboxylic acids is 1. The van der Waals surface area contributed by atoms with Crippen molar-refractivity contribution in [2.45, 2.75) is 36.7 Å². The van der Waals surface area contributed by atoms with Crippen molar-refractivity contribution < 1.29 is 13.2 Å². The lowest BCUT2D eigenvalue weighted by Gasteiger charge is -2.27. The Morgan fingerprint density at radius 3 is 2.62 bits per heavy atom. The van der Waals surface area contributed by atoms with E-state index in [9.17, 15) is 13.2 Å². The molecule has 3 rings (SSSR count). The first kappa shape index (κ1) is 21.8. The van der Waals surface area contributed by atoms with Crippen molar-refractivity contribution in [2.75, 3.05) is 26.7 Å². The van der Waals surface area contributed by atoms with Crippen LogP contribution in [0.3, 0.4) is 0 Å². The summed E-state index contributed by atoms with van der Waals surface area (Å²) in [7, 11) is -2.14. The molecule has 0 aliphatic carbocycles. The third kappa shape index (κ3) is 5.57. The summed E-state index contributed by atoms with van der Waals surface area (Å²) < 4.78 is 26.3. The van der Waals surface area contributed by atoms with Gasteiger partial charge < -0.3 is 10.6 Å². The molecule has 2 unspecified atom stereocenters. The zero-order valence-corrected chi connectivity index (χ0v) is 18.4. The van der Waals surface area contributed by atoms with Crippen LogP contribution in [0.15, 0.2) is 46.7 Å². The van der Waals surface area contributed by atoms with Gasteiger partial charge in [-0.1, -0.05) is 18.2 Å². The third-order valence-electron chi connectivity index (χ3n) is 5.19. The molecule has 7 nitrogen and oxygen atoms in total. The zero-order chi connectivity index (χ0) is 20.9. The molecule has 0 radical (unpaired) electrons. The highest BCUT2D eigenvalue weighted by Crippen LogP contribution is 2.27. The fourth-order valence-electron chi connectivity index (χ4n) is 3.53. The maximum absolute atomic E-state index is 12.5. The number of hydrogen-bond acceptors (Lipinski definition) is 5. The maximum atomic E-state index is 12.5. The smallest absolute Gasteiger partial charge is 0.315 e. The quantitative estimate of drug-likeness (QED) is 0.594. The largest absolute Gasteiger partial charge is 0.336 e. The van der Waals surface area contributed by atoms with Crippen LogP contribution in [-0.4, -0.2) is 46.0 Å². The summed E-state index contributed by atoms with van der Waals surface area (Å²) in [6.45, 7) is 4.47. The van der Waals surface area contributed by atoms with E-state index in [1.165, 1.54) is 30.8 Å². The molecule has 1 saturated heterocycles. The first-order chi connectivity index (χ1) is 13.9. The van der Waals surface area contributed by atoms with Crippen molar-refractivity contribution in [2.24, 2.45) is 0 Å². The standard InChI is InChI=1S/C20H28N4O3S2/c1-15(16-7-5-8-17(13-16)29(26,27)21-2)23-20(25)22-14-18(19-9-6-12-28-19)24-10-3-4-11-24/h5-9,12-13,15,18,21H,3-4,10-11,14H2,1-2H3,(H2,22,23,25). The minimum Gasteiger partial charge on any atom is -0.336 e. The Balaban J connectivity index is 1.60. The van der Waals surface area contributed by atoms with E-state index in [0.29, 0.717) is 6.54 Å². The van der Waals surface area contributed by atoms with Crippen molar-refractivity contribution in [1.29, 1.82) is 0 Å². The molecular formula is C20H28N4O3S2. The second kappa shape index (κ2) is 9.71. The molecule has 1 aromatic carbocycles. The van der Waals surface area contributed by atoms with Gasteiger partial charge in [-0.2, -0.15) is 0 Å². The second-order valence-corrected chi connectivity index (χ2v) is 10.00. The summed E-state index contributed by atoms with van der Waals surface area (Å²) in [4.78, 5) is 16.3. The minimum absolute atomic E-state index is 0.179. The Bertz CT molecular complexity index is 910. The van der Waals surface area contributed by atoms with Gasteiger partial charge in [-0.25, -0.2) is 17.9 Å². The SMILES string of the molecule is CNS(=O)(=O)c1cccc(C(C)NC(=O)NCC(c2cccs2)N2CCCC2)c1. The Morgan fingerprint density at radius 1 is 1.21 bits per heavy atom. The van der Waals surface area contributed by atoms with Gasteiger partial charge in [0.05, 0.1) is 17.0 Å². The second-order valence-electron chi connectivity index (χ2n) is 7.13. The molecule has 2 heterocycles. The molecular weight excluding hydrogens is 408 g/mol. The van der Waals surface area contributed by atoms with Crippen molar-refractivity contribution in [1.82, 2.24) is 20.3 Å². The van der Waals surface area contributed by atoms with E-state index in [4.69, 9.17) is 0 Å². The van der Waals surface area contributed by atoms with Crippen LogP contribution in [0.4, 0.5) is 4.79 Å². The minimum atomic E-state index is -3.52. The van der Waals surface area contributed by atoms with Crippen molar-refractivity contribution in [3.05, 3.63) is 52.2 Å². The molecule has 3 N–H and O–H groups in total. The molecule has 9 heteroatoms. The number of hydrogen-bond donors (Lipinski definition) is 3. The van der Waals surface area contributed by atoms with Crippen LogP contribution >= 0.6 is 11.3 Å². The Labute approximate surface area is 176 Å². The first-order valence-corrected chi connectivity index (χ1v) is 12.1. The van der Waals surface area contributed by atoms with Gasteiger partial charge in [0.25, 0.3) is 0 Å². The number of likely N-dealkylation sites (tertiary alicyclic amines) is 1. The molecule has 0 spiro atoms. The molecule has 0 bridgehead atoms. The van der Waals surface area contributed by atoms with Crippen LogP contribution in [0.2, 0.25) is 0 Å². The summed E-state index contributed by atoms with van der Waals surface area (Å²) in [6.07, 6.45) is 2.38. The highest BCUT2D eigenvalue weighted by Gasteiger charge is 2.25. The molecule has 1 fully saturated rings. The maximum Gasteiger partial charge on any atom is 0.315 e. The van der Waals surface area contributed by atoms with Crippen LogP contribution in [0.1, 0.15) is 42.3 Å². The number of sulfonamides is 1. The van der Waals surface area contributed by atoms with Crippen LogP contribution < -0.4 is 15.4 Å². The normalized spacial score (nSPS) is 17.0. The molecule has 158 valence electrons. The van der Waals surface area contributed by atoms with E-state index in [1.807, 2.05) is 13.0 Å². The number of thiophene rings is 1. The molecule has 0 saturated carbocycles. The Morgan fingerprint density at radius 2 is 1.97 bits per heavy atom. The third-order valence-corrected chi connectivity index (χ3v) is 7.58. The van der Waals surface area contributed by atoms with Gasteiger partial charge in [-0.15, -0.1) is 11.3 Å². The van der Waals surface area contributed by atoms with Gasteiger partial charge in [0.15, 0.2) is 0 Å². The predicted octanol–water partition coefficient (Wildman–Crippen LogP) is 2.85. The van der Waals surface area contributed by atoms with E-state index in [1.54, 1.807) is 29.5 Å². The van der Waals surface area contributed by atoms with Crippen molar-refractivity contribution >= 4 is 27.4 Å². The topological polar surface area (TPSA) is 90.5 Å². The highest BCUT2D eigenvalue weighted by atomic mass is 32.2. The van der Waals surface area contributed by atoms with Crippen molar-refractivity contribution in [3.63, 3.8) is 0 Å². The van der Waals surface area contributed by atoms with Gasteiger partial charge in [-0.3, -0.25) is 4.90 Å². The molecule has 1 aromatic heterocycles. The number of nitrogens with one attached hydrogen (secondary N) is 3. The van der Waals surface area contributed by atoms with Gasteiger partial charge in [0.1, 0.15) is 0 Å². The average Bonchev–Trinajstić information content (AvgIpc) is 3.43. The molecule has 1 aliphatic heterocycles. The monoisotopic (exact) mass is 436 g/mol. The van der Waals surface area contributed by atoms with Gasteiger partial charge in [0.2, 0.25) is 10.0 Å². The number of nitrogens with zero attached hydrogens (tertiary/aromatic N) is 1. The summed E-state index contributed by atoms with van der Waals surface area (Å²) in [5.41, 5.74) is 0.728. The predicted molar refractivity (Wildman–Crippen MR) is 116 cm³/mol. The van der Waals surface area contributed by atoms with E-state index in [0.717, 1.165) is 18.7 Å². The fraction of sp³-hybridized carbons (Fsp3) is 0.450. The zero-order valence-electron chi connectivity index (χ0n) is 16.7. The summed E-state index contributed by atoms with van der Waals surface area (Å²) >= 11 is 1.71. The summed E-state index contributed by atoms with van der Waals surface area (Å²) in [6, 6.07) is 10.3. The number of carbonyl (C=O) groups is 1. The highest BCUT2D eigenvalue weighted by molar-refractivity contribution is 7.89. The summed E-state index contributed by atoms with van der Waals surface area (Å²) in [5, 5.41) is 7.95. The van der Waals surface area contributed by atoms with E-state index in [2.05, 4.69) is 31.7 Å². The van der Waals surface area contributed by atoms with Crippen molar-refractivity contribution in [3.8, 4) is 0 Å². The molecule has 2 atom stereocenters. The number of urea groups is 1. The number of rotatable bonds is 8. The molecule has 2 amide bonds. The number of benzene rings is 1. The number of amides is 2. The van der Waals surface area contributed by atoms with Crippen LogP contribution in [0.25, 0.3) is 0 Å². The van der Waals surface area contributed by atoms with E-state index < -0.39 is 10.0 Å². The van der Waals surface area contributed by atoms with Crippen LogP contribution in [0.5, 0.6) is 0 Å². The van der Waals surface area contributed by atoms with E-state index >= 15 is 0 Å². The lowest BCUT2D eigenvalue weighted by Crippen LogP contribution is -2.42. The van der Waals surface area contributed by atoms with Gasteiger partial charge >= 0.3 is 6.03 Å². The fourth-order valence-corrected chi connectivity index (χ4v) is 5.18. The lowest BCUT2D eigenvalue weighted by molar-refractivity contribution is 0.220. The van der Waals surface area contributed by atoms with Gasteiger partial charge in [0, 0.05) is 11.4 Å². The molecule has 2 aromatic rings. The summed E-state index contributed by atoms with van der Waals surface area (Å²) in [5.74, 6) is 0. The Hall–Kier alpha value is -1.94. The van der Waals surface area contributed by atoms with Crippen LogP contribution in [0, 0.1) is 0 Å².